The highest BCUT2D eigenvalue weighted by Gasteiger charge is 2.42. The normalized spacial score (nSPS) is 20.0. The Morgan fingerprint density at radius 1 is 1.11 bits per heavy atom. The van der Waals surface area contributed by atoms with Crippen LogP contribution in [0.25, 0.3) is 0 Å². The van der Waals surface area contributed by atoms with Crippen molar-refractivity contribution in [2.75, 3.05) is 45.3 Å². The lowest BCUT2D eigenvalue weighted by Crippen LogP contribution is -2.52. The fraction of sp³-hybridized carbons (Fsp3) is 0.533. The highest BCUT2D eigenvalue weighted by atomic mass is 16.5. The van der Waals surface area contributed by atoms with Gasteiger partial charge in [-0.2, -0.15) is 0 Å². The third-order valence-corrected chi connectivity index (χ3v) is 7.90. The van der Waals surface area contributed by atoms with E-state index < -0.39 is 5.41 Å². The number of hydrogen-bond donors (Lipinski definition) is 1. The SMILES string of the molecule is COc1ccccc1N(C)CCC(=O)N1CCC2(CCCCc3ccccc3OC[C@H](C)NC2=O)CC1. The van der Waals surface area contributed by atoms with Crippen LogP contribution >= 0.6 is 0 Å². The Morgan fingerprint density at radius 2 is 1.84 bits per heavy atom. The molecule has 7 heteroatoms. The van der Waals surface area contributed by atoms with E-state index in [4.69, 9.17) is 9.47 Å². The zero-order valence-electron chi connectivity index (χ0n) is 22.5. The van der Waals surface area contributed by atoms with Gasteiger partial charge in [-0.15, -0.1) is 0 Å². The summed E-state index contributed by atoms with van der Waals surface area (Å²) in [5.41, 5.74) is 1.79. The van der Waals surface area contributed by atoms with Gasteiger partial charge in [0, 0.05) is 33.1 Å². The van der Waals surface area contributed by atoms with Crippen molar-refractivity contribution >= 4 is 17.5 Å². The monoisotopic (exact) mass is 507 g/mol. The van der Waals surface area contributed by atoms with E-state index in [0.29, 0.717) is 45.5 Å². The Bertz CT molecular complexity index is 1060. The van der Waals surface area contributed by atoms with Gasteiger partial charge in [0.1, 0.15) is 18.1 Å². The summed E-state index contributed by atoms with van der Waals surface area (Å²) in [5.74, 6) is 1.97. The number of hydrogen-bond acceptors (Lipinski definition) is 5. The fourth-order valence-corrected chi connectivity index (χ4v) is 5.53. The molecule has 2 aliphatic rings. The number of piperidine rings is 1. The first-order chi connectivity index (χ1) is 17.9. The Kier molecular flexibility index (Phi) is 8.95. The van der Waals surface area contributed by atoms with E-state index in [-0.39, 0.29) is 17.9 Å². The molecule has 1 saturated heterocycles. The van der Waals surface area contributed by atoms with Gasteiger partial charge in [0.2, 0.25) is 11.8 Å². The van der Waals surface area contributed by atoms with Crippen LogP contribution in [0.4, 0.5) is 5.69 Å². The molecule has 7 nitrogen and oxygen atoms in total. The van der Waals surface area contributed by atoms with Gasteiger partial charge < -0.3 is 24.6 Å². The van der Waals surface area contributed by atoms with E-state index in [9.17, 15) is 9.59 Å². The van der Waals surface area contributed by atoms with Crippen LogP contribution in [0.1, 0.15) is 51.0 Å². The highest BCUT2D eigenvalue weighted by Crippen LogP contribution is 2.38. The molecular weight excluding hydrogens is 466 g/mol. The fourth-order valence-electron chi connectivity index (χ4n) is 5.53. The summed E-state index contributed by atoms with van der Waals surface area (Å²) in [4.78, 5) is 30.5. The molecule has 0 radical (unpaired) electrons. The lowest BCUT2D eigenvalue weighted by Gasteiger charge is -2.41. The van der Waals surface area contributed by atoms with Crippen molar-refractivity contribution in [2.45, 2.75) is 57.9 Å². The minimum absolute atomic E-state index is 0.0814. The van der Waals surface area contributed by atoms with Crippen LogP contribution in [0.5, 0.6) is 11.5 Å². The van der Waals surface area contributed by atoms with E-state index in [1.807, 2.05) is 55.3 Å². The number of para-hydroxylation sites is 3. The Balaban J connectivity index is 1.34. The summed E-state index contributed by atoms with van der Waals surface area (Å²) >= 11 is 0. The molecule has 2 aromatic carbocycles. The summed E-state index contributed by atoms with van der Waals surface area (Å²) in [7, 11) is 3.64. The zero-order chi connectivity index (χ0) is 26.3. The van der Waals surface area contributed by atoms with Gasteiger partial charge in [-0.05, 0) is 62.8 Å². The van der Waals surface area contributed by atoms with Crippen LogP contribution in [0, 0.1) is 5.41 Å². The second kappa shape index (κ2) is 12.3. The van der Waals surface area contributed by atoms with E-state index in [1.54, 1.807) is 7.11 Å². The maximum atomic E-state index is 13.5. The van der Waals surface area contributed by atoms with Gasteiger partial charge in [-0.25, -0.2) is 0 Å². The minimum Gasteiger partial charge on any atom is -0.495 e. The standard InChI is InChI=1S/C30H41N3O4/c1-23-22-37-26-13-6-4-10-24(26)11-8-9-16-30(29(35)31-23)17-20-33(21-18-30)28(34)15-19-32(2)25-12-5-7-14-27(25)36-3/h4-7,10,12-14,23H,8-9,11,15-22H2,1-3H3,(H,31,35)/t23-/m0/s1. The first kappa shape index (κ1) is 26.8. The van der Waals surface area contributed by atoms with E-state index in [1.165, 1.54) is 5.56 Å². The van der Waals surface area contributed by atoms with Crippen molar-refractivity contribution in [1.29, 1.82) is 0 Å². The molecule has 0 saturated carbocycles. The number of likely N-dealkylation sites (tertiary alicyclic amines) is 1. The van der Waals surface area contributed by atoms with E-state index >= 15 is 0 Å². The van der Waals surface area contributed by atoms with Gasteiger partial charge in [0.25, 0.3) is 0 Å². The third-order valence-electron chi connectivity index (χ3n) is 7.90. The summed E-state index contributed by atoms with van der Waals surface area (Å²) in [6.45, 7) is 4.30. The van der Waals surface area contributed by atoms with E-state index in [0.717, 1.165) is 42.9 Å². The smallest absolute Gasteiger partial charge is 0.226 e. The second-order valence-corrected chi connectivity index (χ2v) is 10.5. The molecule has 2 aromatic rings. The molecule has 0 bridgehead atoms. The molecule has 0 aliphatic carbocycles. The average molecular weight is 508 g/mol. The molecule has 1 fully saturated rings. The minimum atomic E-state index is -0.419. The van der Waals surface area contributed by atoms with Crippen molar-refractivity contribution in [3.05, 3.63) is 54.1 Å². The van der Waals surface area contributed by atoms with E-state index in [2.05, 4.69) is 22.3 Å². The lowest BCUT2D eigenvalue weighted by atomic mass is 9.73. The molecule has 37 heavy (non-hydrogen) atoms. The molecule has 4 rings (SSSR count). The molecular formula is C30H41N3O4. The first-order valence-corrected chi connectivity index (χ1v) is 13.6. The molecule has 1 atom stereocenters. The number of carbonyl (C=O) groups excluding carboxylic acids is 2. The third kappa shape index (κ3) is 6.56. The summed E-state index contributed by atoms with van der Waals surface area (Å²) < 4.78 is 11.5. The van der Waals surface area contributed by atoms with Crippen LogP contribution in [-0.4, -0.2) is 63.2 Å². The average Bonchev–Trinajstić information content (AvgIpc) is 2.93. The largest absolute Gasteiger partial charge is 0.495 e. The summed E-state index contributed by atoms with van der Waals surface area (Å²) in [6, 6.07) is 16.0. The quantitative estimate of drug-likeness (QED) is 0.648. The Hall–Kier alpha value is -3.22. The summed E-state index contributed by atoms with van der Waals surface area (Å²) in [6.07, 6.45) is 5.64. The molecule has 1 N–H and O–H groups in total. The molecule has 200 valence electrons. The zero-order valence-corrected chi connectivity index (χ0v) is 22.5. The van der Waals surface area contributed by atoms with Gasteiger partial charge in [0.05, 0.1) is 24.3 Å². The highest BCUT2D eigenvalue weighted by molar-refractivity contribution is 5.84. The number of carbonyl (C=O) groups is 2. The van der Waals surface area contributed by atoms with Crippen LogP contribution < -0.4 is 19.7 Å². The number of methoxy groups -OCH3 is 1. The molecule has 2 heterocycles. The lowest BCUT2D eigenvalue weighted by molar-refractivity contribution is -0.141. The van der Waals surface area contributed by atoms with Gasteiger partial charge in [0.15, 0.2) is 0 Å². The van der Waals surface area contributed by atoms with Gasteiger partial charge >= 0.3 is 0 Å². The van der Waals surface area contributed by atoms with Crippen LogP contribution in [-0.2, 0) is 16.0 Å². The predicted octanol–water partition coefficient (Wildman–Crippen LogP) is 4.44. The maximum absolute atomic E-state index is 13.5. The predicted molar refractivity (Wildman–Crippen MR) is 146 cm³/mol. The van der Waals surface area contributed by atoms with Crippen molar-refractivity contribution < 1.29 is 19.1 Å². The van der Waals surface area contributed by atoms with Gasteiger partial charge in [-0.3, -0.25) is 9.59 Å². The Morgan fingerprint density at radius 3 is 2.62 bits per heavy atom. The maximum Gasteiger partial charge on any atom is 0.226 e. The second-order valence-electron chi connectivity index (χ2n) is 10.5. The topological polar surface area (TPSA) is 71.1 Å². The molecule has 0 unspecified atom stereocenters. The number of amides is 2. The number of nitrogens with zero attached hydrogens (tertiary/aromatic N) is 2. The number of rotatable bonds is 5. The van der Waals surface area contributed by atoms with Crippen molar-refractivity contribution in [3.63, 3.8) is 0 Å². The molecule has 2 aliphatic heterocycles. The number of ether oxygens (including phenoxy) is 2. The van der Waals surface area contributed by atoms with Crippen molar-refractivity contribution in [2.24, 2.45) is 5.41 Å². The number of aryl methyl sites for hydroxylation is 1. The molecule has 2 amide bonds. The van der Waals surface area contributed by atoms with Gasteiger partial charge in [-0.1, -0.05) is 36.8 Å². The van der Waals surface area contributed by atoms with Crippen molar-refractivity contribution in [1.82, 2.24) is 10.2 Å². The number of benzene rings is 2. The number of fused-ring (bicyclic) bond motifs is 1. The molecule has 0 aromatic heterocycles. The molecule has 1 spiro atoms. The first-order valence-electron chi connectivity index (χ1n) is 13.6. The van der Waals surface area contributed by atoms with Crippen LogP contribution in [0.3, 0.4) is 0 Å². The van der Waals surface area contributed by atoms with Crippen LogP contribution in [0.15, 0.2) is 48.5 Å². The van der Waals surface area contributed by atoms with Crippen LogP contribution in [0.2, 0.25) is 0 Å². The number of anilines is 1. The summed E-state index contributed by atoms with van der Waals surface area (Å²) in [5, 5.41) is 3.22. The Labute approximate surface area is 221 Å². The number of nitrogens with one attached hydrogen (secondary N) is 1. The van der Waals surface area contributed by atoms with Crippen molar-refractivity contribution in [3.8, 4) is 11.5 Å².